The predicted molar refractivity (Wildman–Crippen MR) is 208 cm³/mol. The van der Waals surface area contributed by atoms with E-state index in [1.165, 1.54) is 18.2 Å². The lowest BCUT2D eigenvalue weighted by atomic mass is 9.84. The van der Waals surface area contributed by atoms with Gasteiger partial charge in [0, 0.05) is 22.1 Å². The van der Waals surface area contributed by atoms with Gasteiger partial charge >= 0.3 is 0 Å². The molecule has 0 bridgehead atoms. The maximum atomic E-state index is 9.83. The molecule has 1 nitrogen and oxygen atoms in total. The monoisotopic (exact) mass is 649 g/mol. The average molecular weight is 650 g/mol. The molecule has 9 aromatic carbocycles. The van der Waals surface area contributed by atoms with Gasteiger partial charge in [-0.15, -0.1) is 0 Å². The Bertz CT molecular complexity index is 4290. The third-order valence-electron chi connectivity index (χ3n) is 8.14. The van der Waals surface area contributed by atoms with Crippen molar-refractivity contribution in [1.82, 2.24) is 0 Å². The zero-order chi connectivity index (χ0) is 55.8. The van der Waals surface area contributed by atoms with Crippen LogP contribution in [-0.2, 0) is 0 Å². The van der Waals surface area contributed by atoms with Crippen molar-refractivity contribution >= 4 is 54.1 Å². The largest absolute Gasteiger partial charge is 0.455 e. The molecule has 49 heavy (non-hydrogen) atoms. The first-order chi connectivity index (χ1) is 35.5. The first kappa shape index (κ1) is 11.9. The molecule has 10 aromatic rings. The SMILES string of the molecule is [2H]c1c([2H])c([2H])c(-c2ccc3oc(-c4c([2H])c([2H])c5c(c4[2H])c([2H])c([2H])c4c([2H])c([2H])c([2H])c([2H])c45)c(-c4c5c([2H])c([2H])c([2H])c([2H])c5c(-c5c([2H])c([2H])c([2H])c([2H])c5[2H])c5c([2H])c([2H])c([2H])c([2H])c45)c3c2)c([2H])c1[2H]. The minimum atomic E-state index is -0.958. The van der Waals surface area contributed by atoms with Gasteiger partial charge in [-0.1, -0.05) is 163 Å². The van der Waals surface area contributed by atoms with Gasteiger partial charge in [0.1, 0.15) is 11.3 Å². The molecule has 0 aliphatic heterocycles. The highest BCUT2D eigenvalue weighted by Crippen LogP contribution is 2.50. The molecular formula is C48H30O. The molecule has 0 saturated carbocycles. The highest BCUT2D eigenvalue weighted by atomic mass is 16.3. The van der Waals surface area contributed by atoms with Crippen LogP contribution in [-0.4, -0.2) is 0 Å². The maximum Gasteiger partial charge on any atom is 0.143 e. The maximum absolute atomic E-state index is 9.83. The third-order valence-corrected chi connectivity index (χ3v) is 8.14. The molecule has 0 amide bonds. The van der Waals surface area contributed by atoms with Gasteiger partial charge in [0.25, 0.3) is 0 Å². The summed E-state index contributed by atoms with van der Waals surface area (Å²) in [4.78, 5) is 0. The first-order valence-electron chi connectivity index (χ1n) is 28.1. The number of hydrogen-bond donors (Lipinski definition) is 0. The minimum Gasteiger partial charge on any atom is -0.455 e. The second kappa shape index (κ2) is 11.1. The van der Waals surface area contributed by atoms with E-state index < -0.39 is 240 Å². The number of fused-ring (bicyclic) bond motifs is 6. The van der Waals surface area contributed by atoms with Gasteiger partial charge in [0.15, 0.2) is 0 Å². The molecule has 1 heterocycles. The Morgan fingerprint density at radius 1 is 0.347 bits per heavy atom. The summed E-state index contributed by atoms with van der Waals surface area (Å²) in [5.74, 6) is -0.683. The van der Waals surface area contributed by atoms with Gasteiger partial charge in [-0.2, -0.15) is 0 Å². The number of hydrogen-bond acceptors (Lipinski definition) is 1. The van der Waals surface area contributed by atoms with Gasteiger partial charge < -0.3 is 4.42 Å². The highest BCUT2D eigenvalue weighted by molar-refractivity contribution is 6.25. The first-order valence-corrected chi connectivity index (χ1v) is 14.6. The highest BCUT2D eigenvalue weighted by Gasteiger charge is 2.24. The van der Waals surface area contributed by atoms with Gasteiger partial charge in [-0.05, 0) is 83.5 Å². The third kappa shape index (κ3) is 4.40. The van der Waals surface area contributed by atoms with Crippen molar-refractivity contribution in [2.45, 2.75) is 0 Å². The van der Waals surface area contributed by atoms with Gasteiger partial charge in [-0.3, -0.25) is 0 Å². The van der Waals surface area contributed by atoms with E-state index in [1.54, 1.807) is 0 Å². The summed E-state index contributed by atoms with van der Waals surface area (Å²) in [6.07, 6.45) is 0. The van der Waals surface area contributed by atoms with Crippen molar-refractivity contribution in [1.29, 1.82) is 0 Å². The number of rotatable bonds is 4. The molecule has 1 heteroatoms. The Kier molecular flexibility index (Phi) is 2.69. The van der Waals surface area contributed by atoms with Gasteiger partial charge in [0.05, 0.1) is 37.0 Å². The molecule has 0 aliphatic carbocycles. The Morgan fingerprint density at radius 2 is 0.898 bits per heavy atom. The Balaban J connectivity index is 1.55. The minimum absolute atomic E-state index is 0.129. The van der Waals surface area contributed by atoms with Crippen LogP contribution in [0.15, 0.2) is 186 Å². The summed E-state index contributed by atoms with van der Waals surface area (Å²) >= 11 is 0. The summed E-state index contributed by atoms with van der Waals surface area (Å²) in [5, 5.41) is -4.94. The van der Waals surface area contributed by atoms with Crippen LogP contribution in [0.1, 0.15) is 37.0 Å². The lowest BCUT2D eigenvalue weighted by molar-refractivity contribution is 0.632. The van der Waals surface area contributed by atoms with Gasteiger partial charge in [-0.25, -0.2) is 0 Å². The van der Waals surface area contributed by atoms with E-state index in [0.29, 0.717) is 0 Å². The molecule has 0 fully saturated rings. The van der Waals surface area contributed by atoms with E-state index in [0.717, 1.165) is 0 Å². The summed E-state index contributed by atoms with van der Waals surface area (Å²) in [6.45, 7) is 0. The van der Waals surface area contributed by atoms with Crippen molar-refractivity contribution in [2.24, 2.45) is 0 Å². The van der Waals surface area contributed by atoms with Crippen LogP contribution in [0.4, 0.5) is 0 Å². The van der Waals surface area contributed by atoms with E-state index in [9.17, 15) is 11.0 Å². The molecule has 0 saturated heterocycles. The van der Waals surface area contributed by atoms with E-state index in [4.69, 9.17) is 30.5 Å². The molecule has 0 aliphatic rings. The van der Waals surface area contributed by atoms with Crippen molar-refractivity contribution in [3.05, 3.63) is 181 Å². The van der Waals surface area contributed by atoms with Crippen molar-refractivity contribution in [3.63, 3.8) is 0 Å². The summed E-state index contributed by atoms with van der Waals surface area (Å²) < 4.78 is 249. The fourth-order valence-corrected chi connectivity index (χ4v) is 6.09. The lowest BCUT2D eigenvalue weighted by Crippen LogP contribution is -1.91. The van der Waals surface area contributed by atoms with Crippen LogP contribution in [0, 0.1) is 0 Å². The summed E-state index contributed by atoms with van der Waals surface area (Å²) in [7, 11) is 0. The molecule has 1 aromatic heterocycles. The second-order valence-electron chi connectivity index (χ2n) is 10.8. The molecule has 0 radical (unpaired) electrons. The van der Waals surface area contributed by atoms with Crippen LogP contribution >= 0.6 is 0 Å². The Hall–Kier alpha value is -6.44. The fourth-order valence-electron chi connectivity index (χ4n) is 6.09. The molecule has 0 unspecified atom stereocenters. The predicted octanol–water partition coefficient (Wildman–Crippen LogP) is 13.7. The topological polar surface area (TPSA) is 13.1 Å². The van der Waals surface area contributed by atoms with Crippen LogP contribution in [0.3, 0.4) is 0 Å². The van der Waals surface area contributed by atoms with Crippen LogP contribution in [0.5, 0.6) is 0 Å². The molecule has 228 valence electrons. The van der Waals surface area contributed by atoms with E-state index >= 15 is 0 Å². The van der Waals surface area contributed by atoms with Crippen LogP contribution < -0.4 is 0 Å². The molecule has 0 N–H and O–H groups in total. The normalized spacial score (nSPS) is 19.4. The standard InChI is InChI=1S/C48H30O/c1-3-13-31(14-4-1)34-26-28-44-43(30-34)47(48(49-44)36-25-27-38-35(29-36)24-23-32-15-7-8-18-37(32)38)46-41-21-11-9-19-39(41)45(33-16-5-2-6-17-33)40-20-10-12-22-42(40)46/h1-30H/i1D,2D,3D,4D,5D,6D,7D,8D,9D,10D,11D,12D,13D,14D,15D,16D,17D,18D,19D,20D,21D,22D,23D,24D,25D,27D,29D. The summed E-state index contributed by atoms with van der Waals surface area (Å²) in [6, 6.07) is -19.5. The van der Waals surface area contributed by atoms with Crippen molar-refractivity contribution < 1.29 is 41.4 Å². The molecule has 0 atom stereocenters. The zero-order valence-corrected chi connectivity index (χ0v) is 24.6. The molecule has 10 rings (SSSR count). The Labute approximate surface area is 322 Å². The van der Waals surface area contributed by atoms with Gasteiger partial charge in [0.2, 0.25) is 0 Å². The van der Waals surface area contributed by atoms with Crippen molar-refractivity contribution in [2.75, 3.05) is 0 Å². The Morgan fingerprint density at radius 3 is 1.59 bits per heavy atom. The fraction of sp³-hybridized carbons (Fsp3) is 0. The number of benzene rings is 9. The van der Waals surface area contributed by atoms with E-state index in [1.807, 2.05) is 0 Å². The number of furan rings is 1. The van der Waals surface area contributed by atoms with Crippen molar-refractivity contribution in [3.8, 4) is 44.7 Å². The molecule has 0 spiro atoms. The van der Waals surface area contributed by atoms with Crippen LogP contribution in [0.25, 0.3) is 98.8 Å². The molecular weight excluding hydrogens is 593 g/mol. The average Bonchev–Trinajstić information content (AvgIpc) is 3.89. The quantitative estimate of drug-likeness (QED) is 0.137. The zero-order valence-electron chi connectivity index (χ0n) is 51.6. The summed E-state index contributed by atoms with van der Waals surface area (Å²) in [5.41, 5.74) is -3.95. The van der Waals surface area contributed by atoms with E-state index in [2.05, 4.69) is 0 Å². The second-order valence-corrected chi connectivity index (χ2v) is 10.8. The smallest absolute Gasteiger partial charge is 0.143 e. The lowest BCUT2D eigenvalue weighted by Gasteiger charge is -2.18. The van der Waals surface area contributed by atoms with E-state index in [-0.39, 0.29) is 22.1 Å². The van der Waals surface area contributed by atoms with Crippen LogP contribution in [0.2, 0.25) is 0 Å².